The van der Waals surface area contributed by atoms with E-state index in [0.717, 1.165) is 12.2 Å². The number of fused-ring (bicyclic) bond motifs is 2. The first-order chi connectivity index (χ1) is 8.07. The summed E-state index contributed by atoms with van der Waals surface area (Å²) in [5.41, 5.74) is -0.562. The van der Waals surface area contributed by atoms with Gasteiger partial charge in [0, 0.05) is 13.5 Å². The highest BCUT2D eigenvalue weighted by Crippen LogP contribution is 2.55. The molecule has 96 valence electrons. The highest BCUT2D eigenvalue weighted by molar-refractivity contribution is 5.82. The summed E-state index contributed by atoms with van der Waals surface area (Å²) in [4.78, 5) is 12.1. The Morgan fingerprint density at radius 3 is 2.65 bits per heavy atom. The third-order valence-electron chi connectivity index (χ3n) is 4.15. The minimum Gasteiger partial charge on any atom is -0.501 e. The average molecular weight is 240 g/mol. The van der Waals surface area contributed by atoms with Crippen molar-refractivity contribution in [1.82, 2.24) is 0 Å². The van der Waals surface area contributed by atoms with Gasteiger partial charge in [-0.1, -0.05) is 13.8 Å². The zero-order chi connectivity index (χ0) is 12.7. The molecule has 4 heteroatoms. The molecule has 17 heavy (non-hydrogen) atoms. The van der Waals surface area contributed by atoms with Gasteiger partial charge in [-0.2, -0.15) is 0 Å². The largest absolute Gasteiger partial charge is 0.501 e. The molecule has 3 atom stereocenters. The number of rotatable bonds is 4. The molecule has 1 saturated heterocycles. The van der Waals surface area contributed by atoms with Crippen LogP contribution in [0.25, 0.3) is 0 Å². The van der Waals surface area contributed by atoms with Gasteiger partial charge in [0.05, 0.1) is 18.4 Å². The fourth-order valence-corrected chi connectivity index (χ4v) is 3.04. The summed E-state index contributed by atoms with van der Waals surface area (Å²) < 4.78 is 16.5. The molecule has 0 N–H and O–H groups in total. The molecular weight excluding hydrogens is 220 g/mol. The van der Waals surface area contributed by atoms with E-state index in [2.05, 4.69) is 0 Å². The van der Waals surface area contributed by atoms with Crippen molar-refractivity contribution in [2.75, 3.05) is 14.2 Å². The van der Waals surface area contributed by atoms with Crippen LogP contribution in [-0.4, -0.2) is 26.0 Å². The Balaban J connectivity index is 2.52. The Hall–Kier alpha value is -1.03. The molecule has 1 aliphatic carbocycles. The molecule has 0 aromatic heterocycles. The smallest absolute Gasteiger partial charge is 0.318 e. The minimum atomic E-state index is -0.831. The standard InChI is InChI=1S/C13H20O4/c1-5-9-10(15-3)7-12(6-2)8-13(9,16-4)17-11(12)14/h7,9H,5-6,8H2,1-4H3. The lowest BCUT2D eigenvalue weighted by Gasteiger charge is -2.38. The summed E-state index contributed by atoms with van der Waals surface area (Å²) in [7, 11) is 3.23. The lowest BCUT2D eigenvalue weighted by atomic mass is 9.71. The Kier molecular flexibility index (Phi) is 2.94. The number of hydrogen-bond acceptors (Lipinski definition) is 4. The van der Waals surface area contributed by atoms with E-state index in [0.29, 0.717) is 12.8 Å². The van der Waals surface area contributed by atoms with Gasteiger partial charge >= 0.3 is 5.97 Å². The molecule has 2 rings (SSSR count). The van der Waals surface area contributed by atoms with Crippen molar-refractivity contribution in [3.8, 4) is 0 Å². The SMILES string of the molecule is CCC1C(OC)=CC2(CC)CC1(OC)OC2=O. The van der Waals surface area contributed by atoms with E-state index in [4.69, 9.17) is 14.2 Å². The van der Waals surface area contributed by atoms with Gasteiger partial charge in [0.1, 0.15) is 5.76 Å². The predicted molar refractivity (Wildman–Crippen MR) is 62.0 cm³/mol. The van der Waals surface area contributed by atoms with E-state index in [1.165, 1.54) is 0 Å². The number of esters is 1. The molecule has 0 radical (unpaired) electrons. The number of methoxy groups -OCH3 is 2. The molecular formula is C13H20O4. The molecule has 0 aromatic carbocycles. The van der Waals surface area contributed by atoms with E-state index in [-0.39, 0.29) is 11.9 Å². The number of ether oxygens (including phenoxy) is 3. The van der Waals surface area contributed by atoms with Crippen LogP contribution in [0.15, 0.2) is 11.8 Å². The van der Waals surface area contributed by atoms with Crippen molar-refractivity contribution in [2.45, 2.75) is 38.9 Å². The molecule has 4 nitrogen and oxygen atoms in total. The van der Waals surface area contributed by atoms with Crippen LogP contribution in [0.2, 0.25) is 0 Å². The topological polar surface area (TPSA) is 44.8 Å². The summed E-state index contributed by atoms with van der Waals surface area (Å²) in [6, 6.07) is 0. The lowest BCUT2D eigenvalue weighted by molar-refractivity contribution is -0.224. The van der Waals surface area contributed by atoms with Crippen molar-refractivity contribution in [3.63, 3.8) is 0 Å². The zero-order valence-corrected chi connectivity index (χ0v) is 10.9. The maximum atomic E-state index is 12.1. The first-order valence-corrected chi connectivity index (χ1v) is 6.12. The van der Waals surface area contributed by atoms with Crippen LogP contribution in [-0.2, 0) is 19.0 Å². The van der Waals surface area contributed by atoms with Gasteiger partial charge in [-0.05, 0) is 18.9 Å². The Morgan fingerprint density at radius 2 is 2.18 bits per heavy atom. The van der Waals surface area contributed by atoms with Crippen LogP contribution in [0.5, 0.6) is 0 Å². The highest BCUT2D eigenvalue weighted by atomic mass is 16.7. The van der Waals surface area contributed by atoms with Crippen LogP contribution >= 0.6 is 0 Å². The normalized spacial score (nSPS) is 39.9. The number of carbonyl (C=O) groups excluding carboxylic acids is 1. The van der Waals surface area contributed by atoms with Crippen molar-refractivity contribution in [2.24, 2.45) is 11.3 Å². The Bertz CT molecular complexity index is 362. The van der Waals surface area contributed by atoms with Crippen molar-refractivity contribution < 1.29 is 19.0 Å². The quantitative estimate of drug-likeness (QED) is 0.707. The second-order valence-corrected chi connectivity index (χ2v) is 4.80. The fraction of sp³-hybridized carbons (Fsp3) is 0.769. The van der Waals surface area contributed by atoms with Gasteiger partial charge in [-0.3, -0.25) is 4.79 Å². The summed E-state index contributed by atoms with van der Waals surface area (Å²) in [5, 5.41) is 0. The van der Waals surface area contributed by atoms with Crippen LogP contribution in [0.3, 0.4) is 0 Å². The molecule has 1 heterocycles. The molecule has 2 aliphatic rings. The average Bonchev–Trinajstić information content (AvgIpc) is 2.59. The second-order valence-electron chi connectivity index (χ2n) is 4.80. The second kappa shape index (κ2) is 4.02. The van der Waals surface area contributed by atoms with Gasteiger partial charge in [-0.15, -0.1) is 0 Å². The molecule has 2 bridgehead atoms. The van der Waals surface area contributed by atoms with Crippen LogP contribution in [0.1, 0.15) is 33.1 Å². The van der Waals surface area contributed by atoms with Crippen LogP contribution < -0.4 is 0 Å². The van der Waals surface area contributed by atoms with E-state index < -0.39 is 11.2 Å². The molecule has 0 aromatic rings. The van der Waals surface area contributed by atoms with Crippen molar-refractivity contribution in [3.05, 3.63) is 11.8 Å². The molecule has 3 unspecified atom stereocenters. The summed E-state index contributed by atoms with van der Waals surface area (Å²) in [6.45, 7) is 4.03. The van der Waals surface area contributed by atoms with E-state index >= 15 is 0 Å². The first kappa shape index (κ1) is 12.4. The van der Waals surface area contributed by atoms with Gasteiger partial charge in [-0.25, -0.2) is 0 Å². The zero-order valence-electron chi connectivity index (χ0n) is 10.9. The Morgan fingerprint density at radius 1 is 1.47 bits per heavy atom. The number of hydrogen-bond donors (Lipinski definition) is 0. The van der Waals surface area contributed by atoms with Gasteiger partial charge in [0.25, 0.3) is 0 Å². The van der Waals surface area contributed by atoms with Gasteiger partial charge in [0.2, 0.25) is 5.79 Å². The summed E-state index contributed by atoms with van der Waals surface area (Å²) >= 11 is 0. The third kappa shape index (κ3) is 1.50. The monoisotopic (exact) mass is 240 g/mol. The van der Waals surface area contributed by atoms with Crippen molar-refractivity contribution in [1.29, 1.82) is 0 Å². The number of carbonyl (C=O) groups is 1. The van der Waals surface area contributed by atoms with Gasteiger partial charge in [0.15, 0.2) is 0 Å². The molecule has 0 spiro atoms. The molecule has 0 saturated carbocycles. The van der Waals surface area contributed by atoms with Crippen LogP contribution in [0, 0.1) is 11.3 Å². The van der Waals surface area contributed by atoms with Gasteiger partial charge < -0.3 is 14.2 Å². The first-order valence-electron chi connectivity index (χ1n) is 6.12. The summed E-state index contributed by atoms with van der Waals surface area (Å²) in [6.07, 6.45) is 4.06. The maximum Gasteiger partial charge on any atom is 0.318 e. The summed E-state index contributed by atoms with van der Waals surface area (Å²) in [5.74, 6) is -0.216. The van der Waals surface area contributed by atoms with Crippen molar-refractivity contribution >= 4 is 5.97 Å². The van der Waals surface area contributed by atoms with E-state index in [1.807, 2.05) is 19.9 Å². The molecule has 0 amide bonds. The van der Waals surface area contributed by atoms with Crippen LogP contribution in [0.4, 0.5) is 0 Å². The molecule has 1 fully saturated rings. The lowest BCUT2D eigenvalue weighted by Crippen LogP contribution is -2.43. The predicted octanol–water partition coefficient (Wildman–Crippen LogP) is 2.24. The Labute approximate surface area is 102 Å². The minimum absolute atomic E-state index is 0.0105. The maximum absolute atomic E-state index is 12.1. The molecule has 1 aliphatic heterocycles. The van der Waals surface area contributed by atoms with E-state index in [1.54, 1.807) is 14.2 Å². The third-order valence-corrected chi connectivity index (χ3v) is 4.15. The highest BCUT2D eigenvalue weighted by Gasteiger charge is 2.63. The fourth-order valence-electron chi connectivity index (χ4n) is 3.04. The van der Waals surface area contributed by atoms with E-state index in [9.17, 15) is 4.79 Å².